The Balaban J connectivity index is 1.68. The van der Waals surface area contributed by atoms with Crippen LogP contribution in [0.25, 0.3) is 0 Å². The second-order valence-corrected chi connectivity index (χ2v) is 6.72. The molecule has 0 saturated carbocycles. The van der Waals surface area contributed by atoms with Gasteiger partial charge in [-0.1, -0.05) is 24.3 Å². The summed E-state index contributed by atoms with van der Waals surface area (Å²) >= 11 is 0. The lowest BCUT2D eigenvalue weighted by Crippen LogP contribution is -2.24. The van der Waals surface area contributed by atoms with Gasteiger partial charge < -0.3 is 15.5 Å². The summed E-state index contributed by atoms with van der Waals surface area (Å²) in [7, 11) is 3.46. The number of hydrogen-bond donors (Lipinski definition) is 1. The number of amides is 1. The van der Waals surface area contributed by atoms with Gasteiger partial charge in [-0.2, -0.15) is 0 Å². The first kappa shape index (κ1) is 18.6. The number of carbonyl (C=O) groups excluding carboxylic acids is 1. The Bertz CT molecular complexity index is 905. The van der Waals surface area contributed by atoms with Crippen LogP contribution in [0.1, 0.15) is 15.9 Å². The highest BCUT2D eigenvalue weighted by atomic mass is 19.1. The highest BCUT2D eigenvalue weighted by Crippen LogP contribution is 2.23. The Morgan fingerprint density at radius 2 is 2.00 bits per heavy atom. The minimum absolute atomic E-state index is 0.0383. The predicted octanol–water partition coefficient (Wildman–Crippen LogP) is 2.83. The summed E-state index contributed by atoms with van der Waals surface area (Å²) in [6, 6.07) is 14.1. The average Bonchev–Trinajstić information content (AvgIpc) is 3.03. The molecule has 6 heteroatoms. The van der Waals surface area contributed by atoms with Gasteiger partial charge in [0.15, 0.2) is 0 Å². The third kappa shape index (κ3) is 4.34. The lowest BCUT2D eigenvalue weighted by molar-refractivity contribution is 0.0827. The number of halogens is 1. The van der Waals surface area contributed by atoms with Crippen molar-refractivity contribution in [3.63, 3.8) is 0 Å². The first-order valence-corrected chi connectivity index (χ1v) is 8.73. The summed E-state index contributed by atoms with van der Waals surface area (Å²) in [5, 5.41) is 0. The molecule has 1 amide bonds. The molecule has 1 aliphatic heterocycles. The van der Waals surface area contributed by atoms with Crippen LogP contribution >= 0.6 is 0 Å². The lowest BCUT2D eigenvalue weighted by Gasteiger charge is -2.19. The predicted molar refractivity (Wildman–Crippen MR) is 106 cm³/mol. The first-order chi connectivity index (χ1) is 13.0. The second kappa shape index (κ2) is 8.03. The molecule has 2 N–H and O–H groups in total. The molecule has 2 aromatic carbocycles. The number of nitrogens with zero attached hydrogens (tertiary/aromatic N) is 3. The number of anilines is 1. The van der Waals surface area contributed by atoms with E-state index in [-0.39, 0.29) is 18.3 Å². The summed E-state index contributed by atoms with van der Waals surface area (Å²) in [6.45, 7) is 1.45. The van der Waals surface area contributed by atoms with Gasteiger partial charge in [0.05, 0.1) is 13.1 Å². The van der Waals surface area contributed by atoms with Gasteiger partial charge in [0, 0.05) is 54.9 Å². The minimum atomic E-state index is -0.257. The van der Waals surface area contributed by atoms with E-state index in [2.05, 4.69) is 9.89 Å². The summed E-state index contributed by atoms with van der Waals surface area (Å²) < 4.78 is 13.7. The molecule has 2 aromatic rings. The molecule has 140 valence electrons. The van der Waals surface area contributed by atoms with Crippen molar-refractivity contribution in [1.82, 2.24) is 4.90 Å². The van der Waals surface area contributed by atoms with Crippen molar-refractivity contribution < 1.29 is 9.18 Å². The highest BCUT2D eigenvalue weighted by molar-refractivity contribution is 5.95. The lowest BCUT2D eigenvalue weighted by atomic mass is 10.1. The maximum atomic E-state index is 13.7. The Hall–Kier alpha value is -3.15. The van der Waals surface area contributed by atoms with Gasteiger partial charge in [-0.05, 0) is 24.3 Å². The number of nitrogens with two attached hydrogens (primary N) is 1. The molecule has 0 radical (unpaired) electrons. The van der Waals surface area contributed by atoms with Crippen LogP contribution in [-0.2, 0) is 6.54 Å². The van der Waals surface area contributed by atoms with Crippen molar-refractivity contribution in [3.8, 4) is 0 Å². The zero-order valence-electron chi connectivity index (χ0n) is 15.5. The number of hydrogen-bond acceptors (Lipinski definition) is 4. The van der Waals surface area contributed by atoms with Crippen molar-refractivity contribution in [2.75, 3.05) is 32.1 Å². The minimum Gasteiger partial charge on any atom is -0.400 e. The van der Waals surface area contributed by atoms with Crippen molar-refractivity contribution in [3.05, 3.63) is 76.7 Å². The van der Waals surface area contributed by atoms with Gasteiger partial charge in [0.25, 0.3) is 5.91 Å². The van der Waals surface area contributed by atoms with Crippen LogP contribution in [-0.4, -0.2) is 44.2 Å². The van der Waals surface area contributed by atoms with Crippen LogP contribution in [0, 0.1) is 5.82 Å². The van der Waals surface area contributed by atoms with E-state index in [0.717, 1.165) is 17.0 Å². The van der Waals surface area contributed by atoms with Gasteiger partial charge in [-0.25, -0.2) is 4.39 Å². The summed E-state index contributed by atoms with van der Waals surface area (Å²) in [5.41, 5.74) is 9.93. The molecule has 0 fully saturated rings. The monoisotopic (exact) mass is 366 g/mol. The van der Waals surface area contributed by atoms with Gasteiger partial charge in [-0.15, -0.1) is 0 Å². The molecule has 27 heavy (non-hydrogen) atoms. The number of aliphatic imine (C=N–C) groups is 1. The van der Waals surface area contributed by atoms with Crippen LogP contribution in [0.5, 0.6) is 0 Å². The molecule has 1 aliphatic rings. The fraction of sp³-hybridized carbons (Fsp3) is 0.238. The van der Waals surface area contributed by atoms with E-state index < -0.39 is 0 Å². The number of carbonyl (C=O) groups is 1. The largest absolute Gasteiger partial charge is 0.400 e. The van der Waals surface area contributed by atoms with Crippen molar-refractivity contribution in [2.24, 2.45) is 10.7 Å². The normalized spacial score (nSPS) is 14.3. The molecule has 0 unspecified atom stereocenters. The van der Waals surface area contributed by atoms with Gasteiger partial charge >= 0.3 is 0 Å². The van der Waals surface area contributed by atoms with Crippen LogP contribution < -0.4 is 10.6 Å². The van der Waals surface area contributed by atoms with E-state index in [1.807, 2.05) is 18.2 Å². The summed E-state index contributed by atoms with van der Waals surface area (Å²) in [4.78, 5) is 20.1. The number of rotatable bonds is 5. The summed E-state index contributed by atoms with van der Waals surface area (Å²) in [6.07, 6.45) is 1.72. The second-order valence-electron chi connectivity index (χ2n) is 6.72. The third-order valence-electron chi connectivity index (χ3n) is 4.47. The van der Waals surface area contributed by atoms with Gasteiger partial charge in [0.2, 0.25) is 0 Å². The Morgan fingerprint density at radius 3 is 2.74 bits per heavy atom. The zero-order valence-corrected chi connectivity index (χ0v) is 15.5. The van der Waals surface area contributed by atoms with Crippen LogP contribution in [0.2, 0.25) is 0 Å². The molecule has 0 aromatic heterocycles. The molecular formula is C21H23FN4O. The SMILES string of the molecule is CN(C)C(=O)c1cccc(N2CC(N)=C(C=NCc3ccccc3F)C2)c1. The molecule has 0 spiro atoms. The fourth-order valence-corrected chi connectivity index (χ4v) is 2.95. The van der Waals surface area contributed by atoms with Crippen molar-refractivity contribution in [2.45, 2.75) is 6.54 Å². The molecule has 0 aliphatic carbocycles. The van der Waals surface area contributed by atoms with E-state index in [1.54, 1.807) is 49.5 Å². The van der Waals surface area contributed by atoms with Crippen LogP contribution in [0.4, 0.5) is 10.1 Å². The fourth-order valence-electron chi connectivity index (χ4n) is 2.95. The molecular weight excluding hydrogens is 343 g/mol. The molecule has 5 nitrogen and oxygen atoms in total. The molecule has 0 saturated heterocycles. The Labute approximate surface area is 158 Å². The Kier molecular flexibility index (Phi) is 5.54. The quantitative estimate of drug-likeness (QED) is 0.828. The van der Waals surface area contributed by atoms with Crippen LogP contribution in [0.3, 0.4) is 0 Å². The zero-order chi connectivity index (χ0) is 19.4. The average molecular weight is 366 g/mol. The Morgan fingerprint density at radius 1 is 1.22 bits per heavy atom. The smallest absolute Gasteiger partial charge is 0.253 e. The maximum Gasteiger partial charge on any atom is 0.253 e. The number of benzene rings is 2. The van der Waals surface area contributed by atoms with E-state index in [9.17, 15) is 9.18 Å². The molecule has 1 heterocycles. The van der Waals surface area contributed by atoms with Gasteiger partial charge in [-0.3, -0.25) is 9.79 Å². The van der Waals surface area contributed by atoms with Crippen LogP contribution in [0.15, 0.2) is 64.8 Å². The third-order valence-corrected chi connectivity index (χ3v) is 4.47. The topological polar surface area (TPSA) is 61.9 Å². The van der Waals surface area contributed by atoms with Crippen molar-refractivity contribution >= 4 is 17.8 Å². The molecule has 0 bridgehead atoms. The van der Waals surface area contributed by atoms with E-state index in [0.29, 0.717) is 24.2 Å². The first-order valence-electron chi connectivity index (χ1n) is 8.73. The van der Waals surface area contributed by atoms with E-state index >= 15 is 0 Å². The standard InChI is InChI=1S/C21H23FN4O/c1-25(2)21(27)15-7-5-8-18(10-15)26-13-17(20(23)14-26)12-24-11-16-6-3-4-9-19(16)22/h3-10,12H,11,13-14,23H2,1-2H3. The van der Waals surface area contributed by atoms with E-state index in [4.69, 9.17) is 5.73 Å². The molecule has 0 atom stereocenters. The summed E-state index contributed by atoms with van der Waals surface area (Å²) in [5.74, 6) is -0.296. The van der Waals surface area contributed by atoms with E-state index in [1.165, 1.54) is 6.07 Å². The highest BCUT2D eigenvalue weighted by Gasteiger charge is 2.20. The van der Waals surface area contributed by atoms with Crippen molar-refractivity contribution in [1.29, 1.82) is 0 Å². The molecule has 3 rings (SSSR count). The maximum absolute atomic E-state index is 13.7. The van der Waals surface area contributed by atoms with Gasteiger partial charge in [0.1, 0.15) is 5.82 Å².